The summed E-state index contributed by atoms with van der Waals surface area (Å²) < 4.78 is 0. The van der Waals surface area contributed by atoms with Gasteiger partial charge in [0.2, 0.25) is 0 Å². The SMILES string of the molecule is CCc1nc(CN2CCC(CNC(=NC)NC(C)C)CC2)cs1.I. The van der Waals surface area contributed by atoms with Gasteiger partial charge in [-0.2, -0.15) is 0 Å². The molecule has 0 aliphatic carbocycles. The van der Waals surface area contributed by atoms with Crippen molar-refractivity contribution in [2.24, 2.45) is 10.9 Å². The minimum Gasteiger partial charge on any atom is -0.356 e. The molecule has 1 aromatic heterocycles. The largest absolute Gasteiger partial charge is 0.356 e. The Morgan fingerprint density at radius 3 is 2.67 bits per heavy atom. The summed E-state index contributed by atoms with van der Waals surface area (Å²) >= 11 is 1.79. The lowest BCUT2D eigenvalue weighted by Gasteiger charge is -2.31. The summed E-state index contributed by atoms with van der Waals surface area (Å²) in [6, 6.07) is 0.411. The molecule has 138 valence electrons. The lowest BCUT2D eigenvalue weighted by Crippen LogP contribution is -2.44. The van der Waals surface area contributed by atoms with E-state index in [-0.39, 0.29) is 24.0 Å². The lowest BCUT2D eigenvalue weighted by atomic mass is 9.97. The average molecular weight is 465 g/mol. The maximum Gasteiger partial charge on any atom is 0.191 e. The number of nitrogens with zero attached hydrogens (tertiary/aromatic N) is 3. The Kier molecular flexibility index (Phi) is 10.1. The van der Waals surface area contributed by atoms with Gasteiger partial charge in [-0.05, 0) is 52.1 Å². The highest BCUT2D eigenvalue weighted by Gasteiger charge is 2.20. The van der Waals surface area contributed by atoms with Crippen molar-refractivity contribution in [1.82, 2.24) is 20.5 Å². The van der Waals surface area contributed by atoms with Crippen molar-refractivity contribution < 1.29 is 0 Å². The van der Waals surface area contributed by atoms with Crippen molar-refractivity contribution in [2.45, 2.75) is 52.6 Å². The van der Waals surface area contributed by atoms with E-state index in [1.165, 1.54) is 36.6 Å². The summed E-state index contributed by atoms with van der Waals surface area (Å²) in [5, 5.41) is 10.3. The van der Waals surface area contributed by atoms with Gasteiger partial charge in [0, 0.05) is 31.6 Å². The number of aromatic nitrogens is 1. The zero-order valence-corrected chi connectivity index (χ0v) is 18.5. The van der Waals surface area contributed by atoms with E-state index in [4.69, 9.17) is 0 Å². The normalized spacial score (nSPS) is 17.0. The van der Waals surface area contributed by atoms with Crippen LogP contribution in [0.1, 0.15) is 44.3 Å². The Hall–Kier alpha value is -0.410. The summed E-state index contributed by atoms with van der Waals surface area (Å²) in [5.41, 5.74) is 1.24. The molecule has 0 atom stereocenters. The van der Waals surface area contributed by atoms with Crippen LogP contribution >= 0.6 is 35.3 Å². The lowest BCUT2D eigenvalue weighted by molar-refractivity contribution is 0.176. The molecule has 0 spiro atoms. The number of halogens is 1. The number of likely N-dealkylation sites (tertiary alicyclic amines) is 1. The fraction of sp³-hybridized carbons (Fsp3) is 0.765. The molecule has 0 bridgehead atoms. The molecule has 0 radical (unpaired) electrons. The molecular formula is C17H32IN5S. The van der Waals surface area contributed by atoms with Crippen LogP contribution in [0.25, 0.3) is 0 Å². The molecule has 0 aromatic carbocycles. The maximum atomic E-state index is 4.68. The Bertz CT molecular complexity index is 495. The van der Waals surface area contributed by atoms with Crippen LogP contribution in [0.5, 0.6) is 0 Å². The van der Waals surface area contributed by atoms with Gasteiger partial charge in [0.1, 0.15) is 0 Å². The Labute approximate surface area is 167 Å². The Balaban J connectivity index is 0.00000288. The van der Waals surface area contributed by atoms with Crippen LogP contribution in [-0.2, 0) is 13.0 Å². The molecular weight excluding hydrogens is 433 g/mol. The highest BCUT2D eigenvalue weighted by molar-refractivity contribution is 14.0. The third-order valence-electron chi connectivity index (χ3n) is 4.20. The van der Waals surface area contributed by atoms with Gasteiger partial charge < -0.3 is 10.6 Å². The number of nitrogens with one attached hydrogen (secondary N) is 2. The summed E-state index contributed by atoms with van der Waals surface area (Å²) in [7, 11) is 1.83. The van der Waals surface area contributed by atoms with Crippen LogP contribution in [0, 0.1) is 5.92 Å². The fourth-order valence-electron chi connectivity index (χ4n) is 2.87. The van der Waals surface area contributed by atoms with Crippen molar-refractivity contribution >= 4 is 41.3 Å². The summed E-state index contributed by atoms with van der Waals surface area (Å²) in [6.07, 6.45) is 3.54. The van der Waals surface area contributed by atoms with Crippen molar-refractivity contribution in [1.29, 1.82) is 0 Å². The second-order valence-corrected chi connectivity index (χ2v) is 7.50. The summed E-state index contributed by atoms with van der Waals surface area (Å²) in [5.74, 6) is 1.65. The van der Waals surface area contributed by atoms with Gasteiger partial charge in [-0.25, -0.2) is 4.98 Å². The van der Waals surface area contributed by atoms with E-state index in [1.54, 1.807) is 11.3 Å². The van der Waals surface area contributed by atoms with E-state index in [0.29, 0.717) is 6.04 Å². The molecule has 7 heteroatoms. The molecule has 24 heavy (non-hydrogen) atoms. The average Bonchev–Trinajstić information content (AvgIpc) is 3.00. The molecule has 1 fully saturated rings. The van der Waals surface area contributed by atoms with E-state index in [1.807, 2.05) is 7.05 Å². The molecule has 2 rings (SSSR count). The van der Waals surface area contributed by atoms with Crippen LogP contribution in [0.3, 0.4) is 0 Å². The first-order valence-electron chi connectivity index (χ1n) is 8.73. The van der Waals surface area contributed by atoms with Crippen LogP contribution in [0.15, 0.2) is 10.4 Å². The van der Waals surface area contributed by atoms with E-state index in [0.717, 1.165) is 31.4 Å². The first-order chi connectivity index (χ1) is 11.1. The summed E-state index contributed by atoms with van der Waals surface area (Å²) in [6.45, 7) is 10.8. The van der Waals surface area contributed by atoms with Gasteiger partial charge in [0.15, 0.2) is 5.96 Å². The van der Waals surface area contributed by atoms with Crippen molar-refractivity contribution in [2.75, 3.05) is 26.7 Å². The van der Waals surface area contributed by atoms with E-state index in [9.17, 15) is 0 Å². The second kappa shape index (κ2) is 11.3. The number of hydrogen-bond acceptors (Lipinski definition) is 4. The monoisotopic (exact) mass is 465 g/mol. The molecule has 2 heterocycles. The highest BCUT2D eigenvalue weighted by Crippen LogP contribution is 2.19. The standard InChI is InChI=1S/C17H31N5S.HI/c1-5-16-21-15(12-23-16)11-22-8-6-14(7-9-22)10-19-17(18-4)20-13(2)3;/h12-14H,5-11H2,1-4H3,(H2,18,19,20);1H. The molecule has 2 N–H and O–H groups in total. The minimum absolute atomic E-state index is 0. The quantitative estimate of drug-likeness (QED) is 0.385. The predicted octanol–water partition coefficient (Wildman–Crippen LogP) is 3.11. The maximum absolute atomic E-state index is 4.68. The third-order valence-corrected chi connectivity index (χ3v) is 5.24. The molecule has 1 aliphatic heterocycles. The van der Waals surface area contributed by atoms with E-state index in [2.05, 4.69) is 51.7 Å². The van der Waals surface area contributed by atoms with Crippen LogP contribution in [0.2, 0.25) is 0 Å². The fourth-order valence-corrected chi connectivity index (χ4v) is 3.61. The zero-order valence-electron chi connectivity index (χ0n) is 15.3. The third kappa shape index (κ3) is 7.23. The van der Waals surface area contributed by atoms with Crippen molar-refractivity contribution in [3.8, 4) is 0 Å². The molecule has 0 amide bonds. The first-order valence-corrected chi connectivity index (χ1v) is 9.61. The minimum atomic E-state index is 0. The smallest absolute Gasteiger partial charge is 0.191 e. The van der Waals surface area contributed by atoms with Gasteiger partial charge in [-0.3, -0.25) is 9.89 Å². The predicted molar refractivity (Wildman–Crippen MR) is 115 cm³/mol. The van der Waals surface area contributed by atoms with Gasteiger partial charge in [-0.15, -0.1) is 35.3 Å². The van der Waals surface area contributed by atoms with Crippen LogP contribution < -0.4 is 10.6 Å². The number of hydrogen-bond donors (Lipinski definition) is 2. The highest BCUT2D eigenvalue weighted by atomic mass is 127. The number of aliphatic imine (C=N–C) groups is 1. The first kappa shape index (κ1) is 21.6. The Morgan fingerprint density at radius 2 is 2.12 bits per heavy atom. The molecule has 0 saturated carbocycles. The number of piperidine rings is 1. The number of thiazole rings is 1. The topological polar surface area (TPSA) is 52.6 Å². The number of aryl methyl sites for hydroxylation is 1. The van der Waals surface area contributed by atoms with Gasteiger partial charge in [0.05, 0.1) is 10.7 Å². The molecule has 5 nitrogen and oxygen atoms in total. The number of rotatable bonds is 6. The Morgan fingerprint density at radius 1 is 1.42 bits per heavy atom. The van der Waals surface area contributed by atoms with Crippen molar-refractivity contribution in [3.63, 3.8) is 0 Å². The van der Waals surface area contributed by atoms with E-state index >= 15 is 0 Å². The van der Waals surface area contributed by atoms with E-state index < -0.39 is 0 Å². The zero-order chi connectivity index (χ0) is 16.7. The van der Waals surface area contributed by atoms with Crippen LogP contribution in [0.4, 0.5) is 0 Å². The second-order valence-electron chi connectivity index (χ2n) is 6.56. The molecule has 0 unspecified atom stereocenters. The number of guanidine groups is 1. The van der Waals surface area contributed by atoms with Gasteiger partial charge in [-0.1, -0.05) is 6.92 Å². The molecule has 1 aliphatic rings. The van der Waals surface area contributed by atoms with Crippen LogP contribution in [-0.4, -0.2) is 48.6 Å². The molecule has 1 saturated heterocycles. The summed E-state index contributed by atoms with van der Waals surface area (Å²) in [4.78, 5) is 11.5. The van der Waals surface area contributed by atoms with Gasteiger partial charge >= 0.3 is 0 Å². The van der Waals surface area contributed by atoms with Crippen molar-refractivity contribution in [3.05, 3.63) is 16.1 Å². The molecule has 1 aromatic rings. The van der Waals surface area contributed by atoms with Gasteiger partial charge in [0.25, 0.3) is 0 Å².